The number of hydrogen-bond acceptors (Lipinski definition) is 2. The van der Waals surface area contributed by atoms with Crippen molar-refractivity contribution < 1.29 is 4.74 Å². The van der Waals surface area contributed by atoms with Crippen molar-refractivity contribution in [3.8, 4) is 5.75 Å². The fourth-order valence-electron chi connectivity index (χ4n) is 3.14. The first kappa shape index (κ1) is 14.4. The highest BCUT2D eigenvalue weighted by molar-refractivity contribution is 5.35. The zero-order chi connectivity index (χ0) is 13.8. The van der Waals surface area contributed by atoms with Crippen LogP contribution in [0.2, 0.25) is 0 Å². The summed E-state index contributed by atoms with van der Waals surface area (Å²) in [6, 6.07) is 6.94. The molecule has 1 aromatic rings. The van der Waals surface area contributed by atoms with E-state index in [-0.39, 0.29) is 0 Å². The molecule has 0 aromatic heterocycles. The van der Waals surface area contributed by atoms with E-state index in [0.29, 0.717) is 12.1 Å². The summed E-state index contributed by atoms with van der Waals surface area (Å²) >= 11 is 0. The quantitative estimate of drug-likeness (QED) is 0.889. The van der Waals surface area contributed by atoms with Gasteiger partial charge in [-0.15, -0.1) is 0 Å². The van der Waals surface area contributed by atoms with Gasteiger partial charge in [0.25, 0.3) is 0 Å². The number of aryl methyl sites for hydroxylation is 2. The Balaban J connectivity index is 2.09. The standard InChI is InChI=1S/C17H27NO/c1-5-14-7-8-15(18-4)17(11-14)19-16-9-6-12(2)10-13(16)3/h6,9-10,14-15,17-18H,5,7-8,11H2,1-4H3. The van der Waals surface area contributed by atoms with Crippen LogP contribution in [0.15, 0.2) is 18.2 Å². The van der Waals surface area contributed by atoms with Crippen LogP contribution in [-0.2, 0) is 0 Å². The summed E-state index contributed by atoms with van der Waals surface area (Å²) in [6.45, 7) is 6.55. The molecule has 0 spiro atoms. The number of likely N-dealkylation sites (N-methyl/N-ethyl adjacent to an activating group) is 1. The first-order chi connectivity index (χ1) is 9.13. The third-order valence-electron chi connectivity index (χ3n) is 4.46. The molecule has 1 aliphatic rings. The van der Waals surface area contributed by atoms with E-state index in [2.05, 4.69) is 51.3 Å². The van der Waals surface area contributed by atoms with Crippen LogP contribution in [0.25, 0.3) is 0 Å². The van der Waals surface area contributed by atoms with E-state index in [1.54, 1.807) is 0 Å². The van der Waals surface area contributed by atoms with Crippen LogP contribution in [0.4, 0.5) is 0 Å². The van der Waals surface area contributed by atoms with Crippen molar-refractivity contribution >= 4 is 0 Å². The number of benzene rings is 1. The Labute approximate surface area is 117 Å². The van der Waals surface area contributed by atoms with Gasteiger partial charge in [0.15, 0.2) is 0 Å². The lowest BCUT2D eigenvalue weighted by Gasteiger charge is -2.36. The van der Waals surface area contributed by atoms with Crippen LogP contribution in [0.3, 0.4) is 0 Å². The van der Waals surface area contributed by atoms with E-state index in [0.717, 1.165) is 11.7 Å². The van der Waals surface area contributed by atoms with Gasteiger partial charge in [-0.1, -0.05) is 31.0 Å². The Hall–Kier alpha value is -1.02. The van der Waals surface area contributed by atoms with Gasteiger partial charge in [0.2, 0.25) is 0 Å². The van der Waals surface area contributed by atoms with Gasteiger partial charge in [0, 0.05) is 6.04 Å². The molecule has 3 unspecified atom stereocenters. The molecule has 3 atom stereocenters. The highest BCUT2D eigenvalue weighted by Crippen LogP contribution is 2.31. The van der Waals surface area contributed by atoms with Gasteiger partial charge in [-0.25, -0.2) is 0 Å². The number of hydrogen-bond donors (Lipinski definition) is 1. The molecule has 0 bridgehead atoms. The Morgan fingerprint density at radius 2 is 2.05 bits per heavy atom. The second-order valence-electron chi connectivity index (χ2n) is 5.91. The normalized spacial score (nSPS) is 27.3. The van der Waals surface area contributed by atoms with E-state index in [1.165, 1.54) is 36.8 Å². The lowest BCUT2D eigenvalue weighted by atomic mass is 9.82. The summed E-state index contributed by atoms with van der Waals surface area (Å²) in [5.74, 6) is 1.87. The van der Waals surface area contributed by atoms with Gasteiger partial charge < -0.3 is 10.1 Å². The molecule has 2 nitrogen and oxygen atoms in total. The molecular formula is C17H27NO. The third-order valence-corrected chi connectivity index (χ3v) is 4.46. The minimum atomic E-state index is 0.310. The van der Waals surface area contributed by atoms with Crippen molar-refractivity contribution in [3.63, 3.8) is 0 Å². The summed E-state index contributed by atoms with van der Waals surface area (Å²) in [5, 5.41) is 3.42. The molecule has 1 saturated carbocycles. The monoisotopic (exact) mass is 261 g/mol. The highest BCUT2D eigenvalue weighted by atomic mass is 16.5. The summed E-state index contributed by atoms with van der Waals surface area (Å²) in [7, 11) is 2.05. The van der Waals surface area contributed by atoms with E-state index >= 15 is 0 Å². The third kappa shape index (κ3) is 3.50. The smallest absolute Gasteiger partial charge is 0.122 e. The zero-order valence-corrected chi connectivity index (χ0v) is 12.7. The summed E-state index contributed by atoms with van der Waals surface area (Å²) in [6.07, 6.45) is 5.31. The van der Waals surface area contributed by atoms with Gasteiger partial charge >= 0.3 is 0 Å². The molecule has 1 aliphatic carbocycles. The van der Waals surface area contributed by atoms with E-state index in [9.17, 15) is 0 Å². The summed E-state index contributed by atoms with van der Waals surface area (Å²) in [4.78, 5) is 0. The highest BCUT2D eigenvalue weighted by Gasteiger charge is 2.30. The molecule has 1 aromatic carbocycles. The predicted molar refractivity (Wildman–Crippen MR) is 80.8 cm³/mol. The van der Waals surface area contributed by atoms with Crippen LogP contribution in [-0.4, -0.2) is 19.2 Å². The van der Waals surface area contributed by atoms with Gasteiger partial charge in [-0.05, 0) is 57.7 Å². The maximum Gasteiger partial charge on any atom is 0.122 e. The van der Waals surface area contributed by atoms with Crippen molar-refractivity contribution in [2.75, 3.05) is 7.05 Å². The number of ether oxygens (including phenoxy) is 1. The second-order valence-corrected chi connectivity index (χ2v) is 5.91. The first-order valence-corrected chi connectivity index (χ1v) is 7.55. The van der Waals surface area contributed by atoms with Crippen molar-refractivity contribution in [2.24, 2.45) is 5.92 Å². The fraction of sp³-hybridized carbons (Fsp3) is 0.647. The fourth-order valence-corrected chi connectivity index (χ4v) is 3.14. The lowest BCUT2D eigenvalue weighted by Crippen LogP contribution is -2.45. The molecule has 0 heterocycles. The van der Waals surface area contributed by atoms with Crippen LogP contribution >= 0.6 is 0 Å². The molecule has 0 saturated heterocycles. The minimum Gasteiger partial charge on any atom is -0.489 e. The van der Waals surface area contributed by atoms with Gasteiger partial charge in [0.05, 0.1) is 0 Å². The van der Waals surface area contributed by atoms with Gasteiger partial charge in [-0.3, -0.25) is 0 Å². The Kier molecular flexibility index (Phi) is 4.87. The van der Waals surface area contributed by atoms with Crippen molar-refractivity contribution in [1.29, 1.82) is 0 Å². The molecule has 1 fully saturated rings. The van der Waals surface area contributed by atoms with Gasteiger partial charge in [-0.2, -0.15) is 0 Å². The zero-order valence-electron chi connectivity index (χ0n) is 12.7. The largest absolute Gasteiger partial charge is 0.489 e. The maximum atomic E-state index is 6.31. The Bertz CT molecular complexity index is 416. The van der Waals surface area contributed by atoms with Crippen LogP contribution in [0.1, 0.15) is 43.7 Å². The van der Waals surface area contributed by atoms with Crippen LogP contribution in [0, 0.1) is 19.8 Å². The topological polar surface area (TPSA) is 21.3 Å². The van der Waals surface area contributed by atoms with Crippen molar-refractivity contribution in [1.82, 2.24) is 5.32 Å². The van der Waals surface area contributed by atoms with E-state index in [4.69, 9.17) is 4.74 Å². The minimum absolute atomic E-state index is 0.310. The molecule has 2 heteroatoms. The number of nitrogens with one attached hydrogen (secondary N) is 1. The molecule has 2 rings (SSSR count). The lowest BCUT2D eigenvalue weighted by molar-refractivity contribution is 0.0876. The van der Waals surface area contributed by atoms with Gasteiger partial charge in [0.1, 0.15) is 11.9 Å². The predicted octanol–water partition coefficient (Wildman–Crippen LogP) is 3.85. The Morgan fingerprint density at radius 1 is 1.26 bits per heavy atom. The van der Waals surface area contributed by atoms with E-state index in [1.807, 2.05) is 0 Å². The first-order valence-electron chi connectivity index (χ1n) is 7.55. The second kappa shape index (κ2) is 6.42. The molecule has 0 radical (unpaired) electrons. The molecule has 1 N–H and O–H groups in total. The van der Waals surface area contributed by atoms with Crippen LogP contribution in [0.5, 0.6) is 5.75 Å². The molecule has 19 heavy (non-hydrogen) atoms. The molecule has 106 valence electrons. The SMILES string of the molecule is CCC1CCC(NC)C(Oc2ccc(C)cc2C)C1. The average molecular weight is 261 g/mol. The van der Waals surface area contributed by atoms with E-state index < -0.39 is 0 Å². The van der Waals surface area contributed by atoms with Crippen LogP contribution < -0.4 is 10.1 Å². The maximum absolute atomic E-state index is 6.31. The van der Waals surface area contributed by atoms with Crippen molar-refractivity contribution in [2.45, 2.75) is 58.6 Å². The van der Waals surface area contributed by atoms with Crippen molar-refractivity contribution in [3.05, 3.63) is 29.3 Å². The molecule has 0 aliphatic heterocycles. The Morgan fingerprint density at radius 3 is 2.68 bits per heavy atom. The molecule has 0 amide bonds. The average Bonchev–Trinajstić information content (AvgIpc) is 2.41. The molecular weight excluding hydrogens is 234 g/mol. The number of rotatable bonds is 4. The summed E-state index contributed by atoms with van der Waals surface area (Å²) < 4.78 is 6.31. The summed E-state index contributed by atoms with van der Waals surface area (Å²) in [5.41, 5.74) is 2.54.